The van der Waals surface area contributed by atoms with Crippen LogP contribution in [0.1, 0.15) is 32.5 Å². The van der Waals surface area contributed by atoms with Crippen LogP contribution >= 0.6 is 11.6 Å². The Kier molecular flexibility index (Phi) is 4.78. The second-order valence-electron chi connectivity index (χ2n) is 4.75. The smallest absolute Gasteiger partial charge is 0.134 e. The van der Waals surface area contributed by atoms with Crippen LogP contribution in [0.4, 0.5) is 5.82 Å². The van der Waals surface area contributed by atoms with Crippen molar-refractivity contribution in [3.63, 3.8) is 0 Å². The molecule has 0 amide bonds. The lowest BCUT2D eigenvalue weighted by molar-refractivity contribution is 0.108. The lowest BCUT2D eigenvalue weighted by atomic mass is 10.0. The molecule has 1 aliphatic rings. The van der Waals surface area contributed by atoms with Crippen molar-refractivity contribution in [1.82, 2.24) is 9.97 Å². The third-order valence-corrected chi connectivity index (χ3v) is 3.49. The Morgan fingerprint density at radius 2 is 2.33 bits per heavy atom. The molecular weight excluding hydrogens is 250 g/mol. The standard InChI is InChI=1S/C13H20ClN3O/c1-3-4-12-16-11(14)7-13(17-12)15-8-10-5-6-18-9(10)2/h7,9-10H,3-6,8H2,1-2H3,(H,15,16,17). The van der Waals surface area contributed by atoms with E-state index in [9.17, 15) is 0 Å². The largest absolute Gasteiger partial charge is 0.378 e. The molecule has 1 saturated heterocycles. The lowest BCUT2D eigenvalue weighted by Gasteiger charge is -2.15. The molecule has 2 unspecified atom stereocenters. The van der Waals surface area contributed by atoms with Crippen molar-refractivity contribution >= 4 is 17.4 Å². The summed E-state index contributed by atoms with van der Waals surface area (Å²) in [6, 6.07) is 1.78. The lowest BCUT2D eigenvalue weighted by Crippen LogP contribution is -2.21. The molecule has 0 aliphatic carbocycles. The number of hydrogen-bond acceptors (Lipinski definition) is 4. The summed E-state index contributed by atoms with van der Waals surface area (Å²) in [6.45, 7) is 5.96. The van der Waals surface area contributed by atoms with E-state index in [0.29, 0.717) is 17.2 Å². The number of aromatic nitrogens is 2. The van der Waals surface area contributed by atoms with E-state index in [2.05, 4.69) is 29.1 Å². The maximum absolute atomic E-state index is 5.99. The molecule has 0 spiro atoms. The Hall–Kier alpha value is -0.870. The summed E-state index contributed by atoms with van der Waals surface area (Å²) in [5.41, 5.74) is 0. The van der Waals surface area contributed by atoms with Crippen molar-refractivity contribution in [2.75, 3.05) is 18.5 Å². The van der Waals surface area contributed by atoms with Crippen molar-refractivity contribution in [2.24, 2.45) is 5.92 Å². The van der Waals surface area contributed by atoms with E-state index in [1.165, 1.54) is 0 Å². The maximum atomic E-state index is 5.99. The molecule has 0 aromatic carbocycles. The molecule has 1 N–H and O–H groups in total. The van der Waals surface area contributed by atoms with E-state index in [4.69, 9.17) is 16.3 Å². The molecule has 0 radical (unpaired) electrons. The van der Waals surface area contributed by atoms with Crippen LogP contribution < -0.4 is 5.32 Å². The van der Waals surface area contributed by atoms with Gasteiger partial charge in [-0.1, -0.05) is 18.5 Å². The first kappa shape index (κ1) is 13.6. The summed E-state index contributed by atoms with van der Waals surface area (Å²) in [5, 5.41) is 3.85. The molecule has 2 heterocycles. The summed E-state index contributed by atoms with van der Waals surface area (Å²) in [5.74, 6) is 2.18. The SMILES string of the molecule is CCCc1nc(Cl)cc(NCC2CCOC2C)n1. The molecule has 1 fully saturated rings. The normalized spacial score (nSPS) is 23.3. The molecule has 100 valence electrons. The van der Waals surface area contributed by atoms with Crippen molar-refractivity contribution < 1.29 is 4.74 Å². The van der Waals surface area contributed by atoms with Crippen molar-refractivity contribution in [1.29, 1.82) is 0 Å². The fraction of sp³-hybridized carbons (Fsp3) is 0.692. The van der Waals surface area contributed by atoms with Gasteiger partial charge >= 0.3 is 0 Å². The Labute approximate surface area is 113 Å². The highest BCUT2D eigenvalue weighted by atomic mass is 35.5. The van der Waals surface area contributed by atoms with Crippen LogP contribution in [0.5, 0.6) is 0 Å². The van der Waals surface area contributed by atoms with Gasteiger partial charge in [0.15, 0.2) is 0 Å². The number of rotatable bonds is 5. The number of nitrogens with zero attached hydrogens (tertiary/aromatic N) is 2. The summed E-state index contributed by atoms with van der Waals surface area (Å²) in [7, 11) is 0. The second-order valence-corrected chi connectivity index (χ2v) is 5.13. The zero-order valence-corrected chi connectivity index (χ0v) is 11.7. The molecular formula is C13H20ClN3O. The highest BCUT2D eigenvalue weighted by Gasteiger charge is 2.23. The second kappa shape index (κ2) is 6.34. The van der Waals surface area contributed by atoms with Gasteiger partial charge < -0.3 is 10.1 Å². The highest BCUT2D eigenvalue weighted by molar-refractivity contribution is 6.29. The van der Waals surface area contributed by atoms with Crippen LogP contribution in [0, 0.1) is 5.92 Å². The van der Waals surface area contributed by atoms with Gasteiger partial charge in [0.25, 0.3) is 0 Å². The van der Waals surface area contributed by atoms with E-state index in [1.54, 1.807) is 6.07 Å². The van der Waals surface area contributed by atoms with Gasteiger partial charge in [-0.15, -0.1) is 0 Å². The van der Waals surface area contributed by atoms with Crippen LogP contribution in [0.25, 0.3) is 0 Å². The van der Waals surface area contributed by atoms with Crippen molar-refractivity contribution in [2.45, 2.75) is 39.2 Å². The first-order valence-corrected chi connectivity index (χ1v) is 6.95. The van der Waals surface area contributed by atoms with E-state index >= 15 is 0 Å². The average molecular weight is 270 g/mol. The van der Waals surface area contributed by atoms with Gasteiger partial charge in [-0.25, -0.2) is 9.97 Å². The number of halogens is 1. The molecule has 0 saturated carbocycles. The number of ether oxygens (including phenoxy) is 1. The van der Waals surface area contributed by atoms with Crippen molar-refractivity contribution in [3.8, 4) is 0 Å². The summed E-state index contributed by atoms with van der Waals surface area (Å²) in [6.07, 6.45) is 3.31. The molecule has 1 aromatic heterocycles. The monoisotopic (exact) mass is 269 g/mol. The molecule has 1 aromatic rings. The van der Waals surface area contributed by atoms with Crippen LogP contribution in [0.15, 0.2) is 6.07 Å². The minimum atomic E-state index is 0.324. The number of hydrogen-bond donors (Lipinski definition) is 1. The molecule has 2 rings (SSSR count). The number of aryl methyl sites for hydroxylation is 1. The first-order valence-electron chi connectivity index (χ1n) is 6.58. The Morgan fingerprint density at radius 1 is 1.50 bits per heavy atom. The van der Waals surface area contributed by atoms with Gasteiger partial charge in [-0.2, -0.15) is 0 Å². The van der Waals surface area contributed by atoms with Crippen LogP contribution in [0.2, 0.25) is 5.15 Å². The first-order chi connectivity index (χ1) is 8.69. The van der Waals surface area contributed by atoms with Gasteiger partial charge in [-0.05, 0) is 19.8 Å². The molecule has 4 nitrogen and oxygen atoms in total. The number of nitrogens with one attached hydrogen (secondary N) is 1. The zero-order valence-electron chi connectivity index (χ0n) is 10.9. The van der Waals surface area contributed by atoms with Crippen LogP contribution in [0.3, 0.4) is 0 Å². The Bertz CT molecular complexity index is 400. The van der Waals surface area contributed by atoms with Gasteiger partial charge in [0.2, 0.25) is 0 Å². The van der Waals surface area contributed by atoms with Crippen LogP contribution in [-0.4, -0.2) is 29.2 Å². The molecule has 0 bridgehead atoms. The fourth-order valence-corrected chi connectivity index (χ4v) is 2.37. The van der Waals surface area contributed by atoms with Gasteiger partial charge in [0.1, 0.15) is 16.8 Å². The van der Waals surface area contributed by atoms with Gasteiger partial charge in [-0.3, -0.25) is 0 Å². The van der Waals surface area contributed by atoms with Gasteiger partial charge in [0.05, 0.1) is 6.10 Å². The minimum absolute atomic E-state index is 0.324. The molecule has 2 atom stereocenters. The highest BCUT2D eigenvalue weighted by Crippen LogP contribution is 2.21. The minimum Gasteiger partial charge on any atom is -0.378 e. The Balaban J connectivity index is 1.95. The summed E-state index contributed by atoms with van der Waals surface area (Å²) < 4.78 is 5.54. The fourth-order valence-electron chi connectivity index (χ4n) is 2.17. The average Bonchev–Trinajstić information content (AvgIpc) is 2.72. The topological polar surface area (TPSA) is 47.0 Å². The summed E-state index contributed by atoms with van der Waals surface area (Å²) in [4.78, 5) is 8.67. The maximum Gasteiger partial charge on any atom is 0.134 e. The third kappa shape index (κ3) is 3.56. The van der Waals surface area contributed by atoms with Crippen LogP contribution in [-0.2, 0) is 11.2 Å². The van der Waals surface area contributed by atoms with Crippen molar-refractivity contribution in [3.05, 3.63) is 17.0 Å². The number of anilines is 1. The molecule has 1 aliphatic heterocycles. The van der Waals surface area contributed by atoms with E-state index in [0.717, 1.165) is 44.1 Å². The van der Waals surface area contributed by atoms with E-state index in [-0.39, 0.29) is 0 Å². The predicted molar refractivity (Wildman–Crippen MR) is 73.0 cm³/mol. The quantitative estimate of drug-likeness (QED) is 0.835. The van der Waals surface area contributed by atoms with E-state index in [1.807, 2.05) is 0 Å². The summed E-state index contributed by atoms with van der Waals surface area (Å²) >= 11 is 5.99. The Morgan fingerprint density at radius 3 is 3.00 bits per heavy atom. The molecule has 18 heavy (non-hydrogen) atoms. The van der Waals surface area contributed by atoms with E-state index < -0.39 is 0 Å². The predicted octanol–water partition coefficient (Wildman–Crippen LogP) is 2.92. The van der Waals surface area contributed by atoms with Gasteiger partial charge in [0, 0.05) is 31.6 Å². The zero-order chi connectivity index (χ0) is 13.0. The third-order valence-electron chi connectivity index (χ3n) is 3.29. The molecule has 5 heteroatoms.